The number of ether oxygens (including phenoxy) is 4. The van der Waals surface area contributed by atoms with E-state index >= 15 is 0 Å². The third-order valence-corrected chi connectivity index (χ3v) is 6.14. The van der Waals surface area contributed by atoms with Crippen molar-refractivity contribution < 1.29 is 37.7 Å². The van der Waals surface area contributed by atoms with Crippen LogP contribution in [0.4, 0.5) is 0 Å². The van der Waals surface area contributed by atoms with Crippen molar-refractivity contribution in [2.45, 2.75) is 36.7 Å². The fourth-order valence-electron chi connectivity index (χ4n) is 3.23. The second kappa shape index (κ2) is 9.44. The standard InChI is InChI=1S/C21H21NO8S/c1-12(23)27-9-18-19(31-10-14-3-2-6-26-14)8-15(24)21(30-18)22-20(25)13-4-5-16-17(7-13)29-11-28-16/h2-7,18-19,21H,8-11H2,1H3,(H,22,25)/t18-,19?,21-/m1/s1. The highest BCUT2D eigenvalue weighted by molar-refractivity contribution is 7.99. The van der Waals surface area contributed by atoms with Gasteiger partial charge in [-0.2, -0.15) is 0 Å². The first-order chi connectivity index (χ1) is 15.0. The molecule has 2 aliphatic rings. The molecule has 0 aliphatic carbocycles. The number of esters is 1. The summed E-state index contributed by atoms with van der Waals surface area (Å²) in [6, 6.07) is 8.38. The number of ketones is 1. The Morgan fingerprint density at radius 3 is 2.84 bits per heavy atom. The number of carbonyl (C=O) groups is 3. The number of furan rings is 1. The first-order valence-electron chi connectivity index (χ1n) is 9.65. The molecule has 1 aromatic carbocycles. The number of carbonyl (C=O) groups excluding carboxylic acids is 3. The van der Waals surface area contributed by atoms with Gasteiger partial charge in [-0.1, -0.05) is 0 Å². The number of hydrogen-bond donors (Lipinski definition) is 1. The van der Waals surface area contributed by atoms with Crippen LogP contribution in [0.25, 0.3) is 0 Å². The second-order valence-electron chi connectivity index (χ2n) is 7.00. The Kier molecular flexibility index (Phi) is 6.47. The van der Waals surface area contributed by atoms with Crippen LogP contribution in [0.3, 0.4) is 0 Å². The molecule has 1 unspecified atom stereocenters. The average molecular weight is 447 g/mol. The van der Waals surface area contributed by atoms with Crippen LogP contribution >= 0.6 is 11.8 Å². The number of hydrogen-bond acceptors (Lipinski definition) is 9. The minimum absolute atomic E-state index is 0.0190. The molecule has 2 aliphatic heterocycles. The van der Waals surface area contributed by atoms with Gasteiger partial charge in [-0.15, -0.1) is 11.8 Å². The number of Topliss-reactive ketones (excluding diaryl/α,β-unsaturated/α-hetero) is 1. The van der Waals surface area contributed by atoms with Crippen molar-refractivity contribution in [2.24, 2.45) is 0 Å². The summed E-state index contributed by atoms with van der Waals surface area (Å²) < 4.78 is 26.8. The largest absolute Gasteiger partial charge is 0.468 e. The van der Waals surface area contributed by atoms with E-state index in [2.05, 4.69) is 5.32 Å². The Balaban J connectivity index is 1.41. The normalized spacial score (nSPS) is 22.2. The van der Waals surface area contributed by atoms with Gasteiger partial charge in [0.1, 0.15) is 18.5 Å². The number of nitrogens with one attached hydrogen (secondary N) is 1. The molecule has 9 nitrogen and oxygen atoms in total. The van der Waals surface area contributed by atoms with E-state index < -0.39 is 24.2 Å². The molecule has 10 heteroatoms. The van der Waals surface area contributed by atoms with Gasteiger partial charge in [-0.25, -0.2) is 0 Å². The molecular formula is C21H21NO8S. The molecule has 3 heterocycles. The Morgan fingerprint density at radius 1 is 1.23 bits per heavy atom. The summed E-state index contributed by atoms with van der Waals surface area (Å²) in [5, 5.41) is 2.35. The lowest BCUT2D eigenvalue weighted by molar-refractivity contribution is -0.156. The molecular weight excluding hydrogens is 426 g/mol. The van der Waals surface area contributed by atoms with Crippen LogP contribution in [0.15, 0.2) is 41.0 Å². The van der Waals surface area contributed by atoms with Crippen molar-refractivity contribution in [1.82, 2.24) is 5.32 Å². The Morgan fingerprint density at radius 2 is 2.06 bits per heavy atom. The van der Waals surface area contributed by atoms with Crippen molar-refractivity contribution in [2.75, 3.05) is 13.4 Å². The molecule has 1 aromatic heterocycles. The van der Waals surface area contributed by atoms with Crippen LogP contribution in [0.2, 0.25) is 0 Å². The third kappa shape index (κ3) is 5.20. The van der Waals surface area contributed by atoms with Gasteiger partial charge in [0.05, 0.1) is 12.0 Å². The van der Waals surface area contributed by atoms with Crippen LogP contribution in [0.1, 0.15) is 29.5 Å². The van der Waals surface area contributed by atoms with Crippen molar-refractivity contribution in [3.63, 3.8) is 0 Å². The van der Waals surface area contributed by atoms with E-state index in [1.807, 2.05) is 6.07 Å². The molecule has 1 amide bonds. The Bertz CT molecular complexity index is 960. The number of thioether (sulfide) groups is 1. The minimum Gasteiger partial charge on any atom is -0.468 e. The van der Waals surface area contributed by atoms with Gasteiger partial charge in [0.15, 0.2) is 23.5 Å². The summed E-state index contributed by atoms with van der Waals surface area (Å²) >= 11 is 1.48. The second-order valence-corrected chi connectivity index (χ2v) is 8.23. The number of fused-ring (bicyclic) bond motifs is 1. The van der Waals surface area contributed by atoms with Crippen LogP contribution in [0.5, 0.6) is 11.5 Å². The predicted molar refractivity (Wildman–Crippen MR) is 109 cm³/mol. The van der Waals surface area contributed by atoms with E-state index in [-0.39, 0.29) is 30.9 Å². The topological polar surface area (TPSA) is 113 Å². The van der Waals surface area contributed by atoms with Gasteiger partial charge in [-0.05, 0) is 30.3 Å². The Labute approximate surface area is 182 Å². The summed E-state index contributed by atoms with van der Waals surface area (Å²) in [7, 11) is 0. The van der Waals surface area contributed by atoms with Gasteiger partial charge in [0.2, 0.25) is 6.79 Å². The van der Waals surface area contributed by atoms with Crippen LogP contribution < -0.4 is 14.8 Å². The molecule has 4 rings (SSSR count). The SMILES string of the molecule is CC(=O)OC[C@H]1O[C@@H](NC(=O)c2ccc3c(c2)OCO3)C(=O)CC1SCc1ccco1. The molecule has 1 saturated heterocycles. The zero-order valence-corrected chi connectivity index (χ0v) is 17.5. The van der Waals surface area contributed by atoms with Crippen LogP contribution in [0, 0.1) is 0 Å². The van der Waals surface area contributed by atoms with Gasteiger partial charge in [0.25, 0.3) is 5.91 Å². The maximum atomic E-state index is 12.7. The molecule has 164 valence electrons. The summed E-state index contributed by atoms with van der Waals surface area (Å²) in [5.41, 5.74) is 0.312. The van der Waals surface area contributed by atoms with E-state index in [9.17, 15) is 14.4 Å². The van der Waals surface area contributed by atoms with Crippen molar-refractivity contribution in [3.05, 3.63) is 47.9 Å². The van der Waals surface area contributed by atoms with Crippen LogP contribution in [-0.4, -0.2) is 48.6 Å². The monoisotopic (exact) mass is 447 g/mol. The highest BCUT2D eigenvalue weighted by Crippen LogP contribution is 2.33. The fourth-order valence-corrected chi connectivity index (χ4v) is 4.41. The molecule has 0 saturated carbocycles. The molecule has 0 radical (unpaired) electrons. The molecule has 2 aromatic rings. The molecule has 1 N–H and O–H groups in total. The maximum absolute atomic E-state index is 12.7. The number of benzene rings is 1. The van der Waals surface area contributed by atoms with Crippen LogP contribution in [-0.2, 0) is 24.8 Å². The number of rotatable bonds is 7. The van der Waals surface area contributed by atoms with Gasteiger partial charge in [-0.3, -0.25) is 14.4 Å². The lowest BCUT2D eigenvalue weighted by Crippen LogP contribution is -2.53. The van der Waals surface area contributed by atoms with E-state index in [0.717, 1.165) is 5.76 Å². The molecule has 0 spiro atoms. The molecule has 31 heavy (non-hydrogen) atoms. The van der Waals surface area contributed by atoms with E-state index in [1.165, 1.54) is 18.7 Å². The maximum Gasteiger partial charge on any atom is 0.302 e. The van der Waals surface area contributed by atoms with E-state index in [4.69, 9.17) is 23.4 Å². The highest BCUT2D eigenvalue weighted by Gasteiger charge is 2.39. The summed E-state index contributed by atoms with van der Waals surface area (Å²) in [6.45, 7) is 1.38. The highest BCUT2D eigenvalue weighted by atomic mass is 32.2. The van der Waals surface area contributed by atoms with Gasteiger partial charge in [0, 0.05) is 24.2 Å². The fraction of sp³-hybridized carbons (Fsp3) is 0.381. The summed E-state index contributed by atoms with van der Waals surface area (Å²) in [5.74, 6) is 1.14. The zero-order valence-electron chi connectivity index (χ0n) is 16.7. The van der Waals surface area contributed by atoms with E-state index in [0.29, 0.717) is 22.8 Å². The van der Waals surface area contributed by atoms with Crippen molar-refractivity contribution in [3.8, 4) is 11.5 Å². The average Bonchev–Trinajstić information content (AvgIpc) is 3.43. The smallest absolute Gasteiger partial charge is 0.302 e. The lowest BCUT2D eigenvalue weighted by atomic mass is 10.1. The number of amides is 1. The molecule has 0 bridgehead atoms. The van der Waals surface area contributed by atoms with Gasteiger partial charge < -0.3 is 28.7 Å². The Hall–Kier alpha value is -2.98. The summed E-state index contributed by atoms with van der Waals surface area (Å²) in [6.07, 6.45) is 0.0300. The molecule has 1 fully saturated rings. The molecule has 3 atom stereocenters. The minimum atomic E-state index is -1.14. The quantitative estimate of drug-likeness (QED) is 0.639. The van der Waals surface area contributed by atoms with E-state index in [1.54, 1.807) is 30.5 Å². The van der Waals surface area contributed by atoms with Crippen molar-refractivity contribution >= 4 is 29.4 Å². The van der Waals surface area contributed by atoms with Gasteiger partial charge >= 0.3 is 5.97 Å². The summed E-state index contributed by atoms with van der Waals surface area (Å²) in [4.78, 5) is 36.6. The first kappa shape index (κ1) is 21.3. The van der Waals surface area contributed by atoms with Crippen molar-refractivity contribution in [1.29, 1.82) is 0 Å². The third-order valence-electron chi connectivity index (χ3n) is 4.79. The zero-order chi connectivity index (χ0) is 21.8. The lowest BCUT2D eigenvalue weighted by Gasteiger charge is -2.35. The predicted octanol–water partition coefficient (Wildman–Crippen LogP) is 2.29. The first-order valence-corrected chi connectivity index (χ1v) is 10.7.